The zero-order chi connectivity index (χ0) is 14.5. The van der Waals surface area contributed by atoms with E-state index in [1.165, 1.54) is 30.3 Å². The third kappa shape index (κ3) is 3.55. The lowest BCUT2D eigenvalue weighted by Gasteiger charge is -2.05. The van der Waals surface area contributed by atoms with Gasteiger partial charge < -0.3 is 10.4 Å². The van der Waals surface area contributed by atoms with Crippen molar-refractivity contribution in [3.63, 3.8) is 0 Å². The number of nitro benzene ring substituents is 1. The van der Waals surface area contributed by atoms with Crippen LogP contribution in [0.3, 0.4) is 0 Å². The molecule has 2 aromatic carbocycles. The Morgan fingerprint density at radius 2 is 1.90 bits per heavy atom. The average molecular weight is 272 g/mol. The van der Waals surface area contributed by atoms with E-state index in [1.54, 1.807) is 18.2 Å². The molecule has 0 aliphatic carbocycles. The van der Waals surface area contributed by atoms with Gasteiger partial charge in [0.1, 0.15) is 5.75 Å². The van der Waals surface area contributed by atoms with Crippen LogP contribution >= 0.6 is 0 Å². The standard InChI is InChI=1S/C14H12N2O4/c17-13-6-4-10(5-7-13)8-14(18)15-11-2-1-3-12(9-11)16(19)20/h1-7,9,17H,8H2,(H,15,18). The summed E-state index contributed by atoms with van der Waals surface area (Å²) in [5.74, 6) is -0.149. The van der Waals surface area contributed by atoms with Gasteiger partial charge in [0, 0.05) is 17.8 Å². The van der Waals surface area contributed by atoms with Crippen molar-refractivity contribution in [3.05, 3.63) is 64.2 Å². The van der Waals surface area contributed by atoms with Crippen molar-refractivity contribution in [2.45, 2.75) is 6.42 Å². The molecule has 6 nitrogen and oxygen atoms in total. The Morgan fingerprint density at radius 3 is 2.55 bits per heavy atom. The van der Waals surface area contributed by atoms with Crippen molar-refractivity contribution in [2.75, 3.05) is 5.32 Å². The Hall–Kier alpha value is -2.89. The van der Waals surface area contributed by atoms with E-state index < -0.39 is 4.92 Å². The van der Waals surface area contributed by atoms with Crippen molar-refractivity contribution in [3.8, 4) is 5.75 Å². The summed E-state index contributed by atoms with van der Waals surface area (Å²) >= 11 is 0. The molecule has 102 valence electrons. The van der Waals surface area contributed by atoms with Gasteiger partial charge in [-0.2, -0.15) is 0 Å². The molecule has 0 radical (unpaired) electrons. The molecule has 20 heavy (non-hydrogen) atoms. The topological polar surface area (TPSA) is 92.5 Å². The van der Waals surface area contributed by atoms with Crippen LogP contribution in [0.5, 0.6) is 5.75 Å². The van der Waals surface area contributed by atoms with E-state index in [1.807, 2.05) is 0 Å². The number of nitrogens with one attached hydrogen (secondary N) is 1. The van der Waals surface area contributed by atoms with Crippen molar-refractivity contribution in [2.24, 2.45) is 0 Å². The van der Waals surface area contributed by atoms with Gasteiger partial charge in [0.2, 0.25) is 5.91 Å². The van der Waals surface area contributed by atoms with Crippen LogP contribution < -0.4 is 5.32 Å². The summed E-state index contributed by atoms with van der Waals surface area (Å²) in [6.45, 7) is 0. The molecular formula is C14H12N2O4. The van der Waals surface area contributed by atoms with Gasteiger partial charge in [-0.25, -0.2) is 0 Å². The lowest BCUT2D eigenvalue weighted by atomic mass is 10.1. The highest BCUT2D eigenvalue weighted by Crippen LogP contribution is 2.17. The van der Waals surface area contributed by atoms with E-state index in [0.29, 0.717) is 5.69 Å². The fourth-order valence-electron chi connectivity index (χ4n) is 1.70. The number of nitro groups is 1. The molecule has 0 spiro atoms. The molecule has 0 atom stereocenters. The fourth-order valence-corrected chi connectivity index (χ4v) is 1.70. The number of carbonyl (C=O) groups excluding carboxylic acids is 1. The third-order valence-corrected chi connectivity index (χ3v) is 2.64. The number of carbonyl (C=O) groups is 1. The largest absolute Gasteiger partial charge is 0.508 e. The fraction of sp³-hybridized carbons (Fsp3) is 0.0714. The molecule has 0 aliphatic rings. The predicted molar refractivity (Wildman–Crippen MR) is 73.5 cm³/mol. The predicted octanol–water partition coefficient (Wildman–Crippen LogP) is 2.48. The highest BCUT2D eigenvalue weighted by molar-refractivity contribution is 5.92. The summed E-state index contributed by atoms with van der Waals surface area (Å²) in [7, 11) is 0. The van der Waals surface area contributed by atoms with Gasteiger partial charge in [0.05, 0.1) is 11.3 Å². The number of aromatic hydroxyl groups is 1. The molecule has 0 saturated heterocycles. The van der Waals surface area contributed by atoms with Gasteiger partial charge in [0.25, 0.3) is 5.69 Å². The van der Waals surface area contributed by atoms with Crippen LogP contribution in [-0.2, 0) is 11.2 Å². The van der Waals surface area contributed by atoms with Crippen molar-refractivity contribution >= 4 is 17.3 Å². The molecule has 2 N–H and O–H groups in total. The van der Waals surface area contributed by atoms with Crippen LogP contribution in [0.1, 0.15) is 5.56 Å². The molecule has 6 heteroatoms. The SMILES string of the molecule is O=C(Cc1ccc(O)cc1)Nc1cccc([N+](=O)[O-])c1. The maximum Gasteiger partial charge on any atom is 0.271 e. The van der Waals surface area contributed by atoms with Gasteiger partial charge >= 0.3 is 0 Å². The Kier molecular flexibility index (Phi) is 3.95. The maximum atomic E-state index is 11.8. The van der Waals surface area contributed by atoms with E-state index in [9.17, 15) is 14.9 Å². The molecule has 0 heterocycles. The molecule has 2 aromatic rings. The van der Waals surface area contributed by atoms with Gasteiger partial charge in [-0.3, -0.25) is 14.9 Å². The minimum Gasteiger partial charge on any atom is -0.508 e. The van der Waals surface area contributed by atoms with Crippen LogP contribution in [0.15, 0.2) is 48.5 Å². The molecular weight excluding hydrogens is 260 g/mol. The average Bonchev–Trinajstić information content (AvgIpc) is 2.41. The summed E-state index contributed by atoms with van der Waals surface area (Å²) in [5.41, 5.74) is 1.04. The zero-order valence-electron chi connectivity index (χ0n) is 10.4. The number of hydrogen-bond donors (Lipinski definition) is 2. The van der Waals surface area contributed by atoms with Crippen LogP contribution in [0.2, 0.25) is 0 Å². The number of phenols is 1. The summed E-state index contributed by atoms with van der Waals surface area (Å²) in [6, 6.07) is 12.0. The zero-order valence-corrected chi connectivity index (χ0v) is 10.4. The first-order valence-electron chi connectivity index (χ1n) is 5.87. The number of nitrogens with zero attached hydrogens (tertiary/aromatic N) is 1. The summed E-state index contributed by atoms with van der Waals surface area (Å²) in [6.07, 6.45) is 0.128. The van der Waals surface area contributed by atoms with Crippen LogP contribution in [0, 0.1) is 10.1 Å². The molecule has 0 bridgehead atoms. The van der Waals surface area contributed by atoms with E-state index in [4.69, 9.17) is 5.11 Å². The van der Waals surface area contributed by atoms with Crippen LogP contribution in [0.4, 0.5) is 11.4 Å². The van der Waals surface area contributed by atoms with Crippen molar-refractivity contribution in [1.29, 1.82) is 0 Å². The lowest BCUT2D eigenvalue weighted by molar-refractivity contribution is -0.384. The first-order valence-corrected chi connectivity index (χ1v) is 5.87. The number of non-ortho nitro benzene ring substituents is 1. The smallest absolute Gasteiger partial charge is 0.271 e. The highest BCUT2D eigenvalue weighted by atomic mass is 16.6. The van der Waals surface area contributed by atoms with E-state index in [2.05, 4.69) is 5.32 Å². The molecule has 1 amide bonds. The second-order valence-electron chi connectivity index (χ2n) is 4.20. The van der Waals surface area contributed by atoms with E-state index in [0.717, 1.165) is 5.56 Å². The minimum absolute atomic E-state index is 0.0765. The molecule has 2 rings (SSSR count). The molecule has 0 saturated carbocycles. The number of phenolic OH excluding ortho intramolecular Hbond substituents is 1. The second kappa shape index (κ2) is 5.83. The summed E-state index contributed by atoms with van der Waals surface area (Å²) in [4.78, 5) is 21.9. The number of benzene rings is 2. The summed E-state index contributed by atoms with van der Waals surface area (Å²) < 4.78 is 0. The number of rotatable bonds is 4. The molecule has 0 fully saturated rings. The second-order valence-corrected chi connectivity index (χ2v) is 4.20. The third-order valence-electron chi connectivity index (χ3n) is 2.64. The molecule has 0 unspecified atom stereocenters. The van der Waals surface area contributed by atoms with Crippen molar-refractivity contribution < 1.29 is 14.8 Å². The van der Waals surface area contributed by atoms with Gasteiger partial charge in [-0.15, -0.1) is 0 Å². The Bertz CT molecular complexity index is 638. The monoisotopic (exact) mass is 272 g/mol. The van der Waals surface area contributed by atoms with E-state index >= 15 is 0 Å². The Morgan fingerprint density at radius 1 is 1.20 bits per heavy atom. The first kappa shape index (κ1) is 13.5. The quantitative estimate of drug-likeness (QED) is 0.660. The minimum atomic E-state index is -0.518. The summed E-state index contributed by atoms with van der Waals surface area (Å²) in [5, 5.41) is 22.4. The van der Waals surface area contributed by atoms with Gasteiger partial charge in [0.15, 0.2) is 0 Å². The van der Waals surface area contributed by atoms with Crippen molar-refractivity contribution in [1.82, 2.24) is 0 Å². The highest BCUT2D eigenvalue weighted by Gasteiger charge is 2.08. The molecule has 0 aromatic heterocycles. The maximum absolute atomic E-state index is 11.8. The Labute approximate surface area is 114 Å². The van der Waals surface area contributed by atoms with Gasteiger partial charge in [-0.05, 0) is 23.8 Å². The Balaban J connectivity index is 2.02. The van der Waals surface area contributed by atoms with E-state index in [-0.39, 0.29) is 23.8 Å². The number of anilines is 1. The number of amides is 1. The van der Waals surface area contributed by atoms with Gasteiger partial charge in [-0.1, -0.05) is 18.2 Å². The number of hydrogen-bond acceptors (Lipinski definition) is 4. The lowest BCUT2D eigenvalue weighted by Crippen LogP contribution is -2.14. The normalized spacial score (nSPS) is 10.0. The van der Waals surface area contributed by atoms with Crippen LogP contribution in [0.25, 0.3) is 0 Å². The molecule has 0 aliphatic heterocycles. The first-order chi connectivity index (χ1) is 9.54. The van der Waals surface area contributed by atoms with Crippen LogP contribution in [-0.4, -0.2) is 15.9 Å².